The summed E-state index contributed by atoms with van der Waals surface area (Å²) in [6, 6.07) is 8.90. The second-order valence-electron chi connectivity index (χ2n) is 4.17. The van der Waals surface area contributed by atoms with E-state index in [0.717, 1.165) is 17.7 Å². The topological polar surface area (TPSA) is 55.1 Å². The molecule has 3 nitrogen and oxygen atoms in total. The van der Waals surface area contributed by atoms with Crippen LogP contribution in [0.4, 0.5) is 14.5 Å². The number of nitrogens with two attached hydrogens (primary N) is 1. The molecule has 2 aromatic rings. The van der Waals surface area contributed by atoms with E-state index in [1.807, 2.05) is 0 Å². The second-order valence-corrected chi connectivity index (χ2v) is 5.08. The molecule has 0 spiro atoms. The first-order valence-electron chi connectivity index (χ1n) is 5.74. The molecular formula is C14H11BrF2N2O. The van der Waals surface area contributed by atoms with Gasteiger partial charge in [-0.1, -0.05) is 28.1 Å². The second kappa shape index (κ2) is 6.00. The van der Waals surface area contributed by atoms with Crippen LogP contribution in [0.15, 0.2) is 40.9 Å². The Kier molecular flexibility index (Phi) is 4.34. The summed E-state index contributed by atoms with van der Waals surface area (Å²) in [7, 11) is 0. The number of hydrogen-bond donors (Lipinski definition) is 2. The molecule has 0 saturated carbocycles. The zero-order valence-corrected chi connectivity index (χ0v) is 11.9. The van der Waals surface area contributed by atoms with Crippen LogP contribution in [0.3, 0.4) is 0 Å². The Morgan fingerprint density at radius 3 is 2.25 bits per heavy atom. The van der Waals surface area contributed by atoms with Gasteiger partial charge in [0.05, 0.1) is 0 Å². The Labute approximate surface area is 122 Å². The zero-order chi connectivity index (χ0) is 14.7. The van der Waals surface area contributed by atoms with Crippen molar-refractivity contribution in [2.45, 2.75) is 6.54 Å². The summed E-state index contributed by atoms with van der Waals surface area (Å²) >= 11 is 2.96. The molecule has 0 aliphatic carbocycles. The maximum atomic E-state index is 13.6. The van der Waals surface area contributed by atoms with E-state index in [0.29, 0.717) is 5.69 Å². The van der Waals surface area contributed by atoms with Crippen molar-refractivity contribution in [1.82, 2.24) is 5.32 Å². The van der Waals surface area contributed by atoms with Gasteiger partial charge in [-0.15, -0.1) is 0 Å². The Morgan fingerprint density at radius 1 is 1.15 bits per heavy atom. The van der Waals surface area contributed by atoms with E-state index in [1.165, 1.54) is 0 Å². The van der Waals surface area contributed by atoms with Crippen LogP contribution in [0.25, 0.3) is 0 Å². The number of benzene rings is 2. The first-order valence-corrected chi connectivity index (χ1v) is 6.54. The van der Waals surface area contributed by atoms with Crippen LogP contribution in [-0.2, 0) is 6.54 Å². The summed E-state index contributed by atoms with van der Waals surface area (Å²) in [6.45, 7) is 0.161. The van der Waals surface area contributed by atoms with Gasteiger partial charge in [0, 0.05) is 16.7 Å². The fourth-order valence-electron chi connectivity index (χ4n) is 1.67. The zero-order valence-electron chi connectivity index (χ0n) is 10.3. The molecule has 0 atom stereocenters. The number of carbonyl (C=O) groups excluding carboxylic acids is 1. The Bertz CT molecular complexity index is 621. The maximum absolute atomic E-state index is 13.6. The van der Waals surface area contributed by atoms with Crippen molar-refractivity contribution in [3.05, 3.63) is 63.6 Å². The van der Waals surface area contributed by atoms with E-state index in [1.54, 1.807) is 24.3 Å². The number of halogens is 3. The van der Waals surface area contributed by atoms with Crippen LogP contribution in [0.1, 0.15) is 15.9 Å². The third-order valence-electron chi connectivity index (χ3n) is 2.67. The number of carbonyl (C=O) groups is 1. The fourth-order valence-corrected chi connectivity index (χ4v) is 2.07. The van der Waals surface area contributed by atoms with Gasteiger partial charge in [0.25, 0.3) is 5.91 Å². The third-order valence-corrected chi connectivity index (χ3v) is 3.12. The van der Waals surface area contributed by atoms with Crippen LogP contribution in [0.5, 0.6) is 0 Å². The number of nitrogen functional groups attached to an aromatic ring is 1. The lowest BCUT2D eigenvalue weighted by Gasteiger charge is -2.08. The van der Waals surface area contributed by atoms with Crippen LogP contribution in [0.2, 0.25) is 0 Å². The molecule has 0 heterocycles. The highest BCUT2D eigenvalue weighted by atomic mass is 79.9. The van der Waals surface area contributed by atoms with Crippen molar-refractivity contribution in [3.63, 3.8) is 0 Å². The number of hydrogen-bond acceptors (Lipinski definition) is 2. The summed E-state index contributed by atoms with van der Waals surface area (Å²) in [5.41, 5.74) is 6.33. The van der Waals surface area contributed by atoms with Crippen LogP contribution >= 0.6 is 15.9 Å². The fraction of sp³-hybridized carbons (Fsp3) is 0.0714. The quantitative estimate of drug-likeness (QED) is 0.842. The summed E-state index contributed by atoms with van der Waals surface area (Å²) in [6.07, 6.45) is 0. The molecule has 0 unspecified atom stereocenters. The monoisotopic (exact) mass is 340 g/mol. The van der Waals surface area contributed by atoms with Crippen molar-refractivity contribution in [1.29, 1.82) is 0 Å². The van der Waals surface area contributed by atoms with Gasteiger partial charge in [0.2, 0.25) is 0 Å². The minimum absolute atomic E-state index is 0.161. The highest BCUT2D eigenvalue weighted by Crippen LogP contribution is 2.19. The molecular weight excluding hydrogens is 330 g/mol. The molecule has 20 heavy (non-hydrogen) atoms. The lowest BCUT2D eigenvalue weighted by molar-refractivity contribution is 0.0942. The molecule has 0 radical (unpaired) electrons. The summed E-state index contributed by atoms with van der Waals surface area (Å²) in [5, 5.41) is 2.46. The summed E-state index contributed by atoms with van der Waals surface area (Å²) in [4.78, 5) is 11.8. The van der Waals surface area contributed by atoms with Crippen molar-refractivity contribution in [2.24, 2.45) is 0 Å². The van der Waals surface area contributed by atoms with Gasteiger partial charge in [-0.05, 0) is 29.8 Å². The predicted molar refractivity (Wildman–Crippen MR) is 76.1 cm³/mol. The minimum Gasteiger partial charge on any atom is -0.399 e. The Balaban J connectivity index is 2.11. The molecule has 2 aromatic carbocycles. The van der Waals surface area contributed by atoms with Crippen molar-refractivity contribution in [2.75, 3.05) is 5.73 Å². The van der Waals surface area contributed by atoms with E-state index >= 15 is 0 Å². The minimum atomic E-state index is -0.910. The molecule has 0 aromatic heterocycles. The molecule has 6 heteroatoms. The summed E-state index contributed by atoms with van der Waals surface area (Å²) < 4.78 is 27.4. The van der Waals surface area contributed by atoms with Crippen LogP contribution in [0, 0.1) is 11.6 Å². The van der Waals surface area contributed by atoms with Crippen molar-refractivity contribution < 1.29 is 13.6 Å². The van der Waals surface area contributed by atoms with Gasteiger partial charge >= 0.3 is 0 Å². The molecule has 0 aliphatic heterocycles. The molecule has 0 aliphatic rings. The molecule has 0 fully saturated rings. The number of amides is 1. The molecule has 104 valence electrons. The lowest BCUT2D eigenvalue weighted by atomic mass is 10.1. The maximum Gasteiger partial charge on any atom is 0.257 e. The highest BCUT2D eigenvalue weighted by molar-refractivity contribution is 9.10. The van der Waals surface area contributed by atoms with Gasteiger partial charge in [0.15, 0.2) is 0 Å². The lowest BCUT2D eigenvalue weighted by Crippen LogP contribution is -2.25. The SMILES string of the molecule is Nc1ccc(CNC(=O)c2c(F)cc(Br)cc2F)cc1. The number of rotatable bonds is 3. The van der Waals surface area contributed by atoms with Gasteiger partial charge in [0.1, 0.15) is 17.2 Å². The molecule has 2 rings (SSSR count). The van der Waals surface area contributed by atoms with Crippen LogP contribution in [-0.4, -0.2) is 5.91 Å². The first-order chi connectivity index (χ1) is 9.47. The molecule has 0 saturated heterocycles. The highest BCUT2D eigenvalue weighted by Gasteiger charge is 2.17. The van der Waals surface area contributed by atoms with E-state index in [-0.39, 0.29) is 11.0 Å². The van der Waals surface area contributed by atoms with Gasteiger partial charge < -0.3 is 11.1 Å². The number of anilines is 1. The molecule has 0 bridgehead atoms. The first kappa shape index (κ1) is 14.5. The van der Waals surface area contributed by atoms with Crippen molar-refractivity contribution in [3.8, 4) is 0 Å². The number of nitrogens with one attached hydrogen (secondary N) is 1. The van der Waals surface area contributed by atoms with Gasteiger partial charge in [-0.3, -0.25) is 4.79 Å². The Morgan fingerprint density at radius 2 is 1.70 bits per heavy atom. The van der Waals surface area contributed by atoms with E-state index < -0.39 is 23.1 Å². The molecule has 1 amide bonds. The average Bonchev–Trinajstić information content (AvgIpc) is 2.37. The predicted octanol–water partition coefficient (Wildman–Crippen LogP) is 3.24. The van der Waals surface area contributed by atoms with Gasteiger partial charge in [-0.25, -0.2) is 8.78 Å². The molecule has 3 N–H and O–H groups in total. The van der Waals surface area contributed by atoms with Gasteiger partial charge in [-0.2, -0.15) is 0 Å². The van der Waals surface area contributed by atoms with E-state index in [9.17, 15) is 13.6 Å². The normalized spacial score (nSPS) is 10.3. The van der Waals surface area contributed by atoms with Crippen LogP contribution < -0.4 is 11.1 Å². The Hall–Kier alpha value is -1.95. The average molecular weight is 341 g/mol. The summed E-state index contributed by atoms with van der Waals surface area (Å²) in [5.74, 6) is -2.62. The third kappa shape index (κ3) is 3.33. The van der Waals surface area contributed by atoms with E-state index in [4.69, 9.17) is 5.73 Å². The largest absolute Gasteiger partial charge is 0.399 e. The van der Waals surface area contributed by atoms with E-state index in [2.05, 4.69) is 21.2 Å². The smallest absolute Gasteiger partial charge is 0.257 e. The standard InChI is InChI=1S/C14H11BrF2N2O/c15-9-5-11(16)13(12(17)6-9)14(20)19-7-8-1-3-10(18)4-2-8/h1-6H,7,18H2,(H,19,20). The van der Waals surface area contributed by atoms with Crippen molar-refractivity contribution >= 4 is 27.5 Å².